The van der Waals surface area contributed by atoms with Gasteiger partial charge in [0.15, 0.2) is 0 Å². The number of anilines is 1. The van der Waals surface area contributed by atoms with E-state index in [1.54, 1.807) is 49.4 Å². The molecule has 0 radical (unpaired) electrons. The van der Waals surface area contributed by atoms with Crippen molar-refractivity contribution in [1.82, 2.24) is 10.2 Å². The summed E-state index contributed by atoms with van der Waals surface area (Å²) in [5.41, 5.74) is 1.24. The zero-order valence-corrected chi connectivity index (χ0v) is 20.1. The van der Waals surface area contributed by atoms with E-state index >= 15 is 0 Å². The molecular weight excluding hydrogens is 445 g/mol. The lowest BCUT2D eigenvalue weighted by atomic mass is 10.1. The minimum atomic E-state index is -3.52. The number of rotatable bonds is 12. The Bertz CT molecular complexity index is 1010. The fourth-order valence-electron chi connectivity index (χ4n) is 3.60. The number of hydrogen-bond acceptors (Lipinski definition) is 4. The Morgan fingerprint density at radius 2 is 1.67 bits per heavy atom. The molecule has 0 saturated heterocycles. The average Bonchev–Trinajstić information content (AvgIpc) is 2.77. The van der Waals surface area contributed by atoms with Gasteiger partial charge in [0, 0.05) is 26.1 Å². The molecule has 9 heteroatoms. The Kier molecular flexibility index (Phi) is 9.84. The van der Waals surface area contributed by atoms with Gasteiger partial charge in [-0.05, 0) is 49.6 Å². The molecule has 0 fully saturated rings. The van der Waals surface area contributed by atoms with E-state index in [4.69, 9.17) is 0 Å². The molecule has 1 N–H and O–H groups in total. The van der Waals surface area contributed by atoms with Gasteiger partial charge < -0.3 is 10.2 Å². The predicted octanol–water partition coefficient (Wildman–Crippen LogP) is 3.32. The molecule has 0 aromatic heterocycles. The molecule has 180 valence electrons. The maximum atomic E-state index is 13.3. The van der Waals surface area contributed by atoms with Crippen molar-refractivity contribution >= 4 is 27.5 Å². The van der Waals surface area contributed by atoms with Gasteiger partial charge in [-0.2, -0.15) is 0 Å². The van der Waals surface area contributed by atoms with Crippen LogP contribution in [0, 0.1) is 5.82 Å². The fraction of sp³-hybridized carbons (Fsp3) is 0.417. The molecule has 2 aromatic rings. The molecule has 0 aliphatic heterocycles. The van der Waals surface area contributed by atoms with E-state index in [2.05, 4.69) is 5.32 Å². The van der Waals surface area contributed by atoms with E-state index < -0.39 is 16.1 Å². The topological polar surface area (TPSA) is 86.8 Å². The lowest BCUT2D eigenvalue weighted by Crippen LogP contribution is -2.49. The highest BCUT2D eigenvalue weighted by molar-refractivity contribution is 7.92. The highest BCUT2D eigenvalue weighted by atomic mass is 32.2. The Morgan fingerprint density at radius 1 is 1.03 bits per heavy atom. The fourth-order valence-corrected chi connectivity index (χ4v) is 4.56. The number of carbonyl (C=O) groups excluding carboxylic acids is 2. The third-order valence-electron chi connectivity index (χ3n) is 5.20. The van der Waals surface area contributed by atoms with E-state index in [9.17, 15) is 22.4 Å². The molecule has 0 aliphatic carbocycles. The second-order valence-electron chi connectivity index (χ2n) is 7.74. The molecule has 2 aromatic carbocycles. The van der Waals surface area contributed by atoms with E-state index in [-0.39, 0.29) is 43.6 Å². The van der Waals surface area contributed by atoms with Crippen LogP contribution in [-0.2, 0) is 26.2 Å². The number of nitrogens with one attached hydrogen (secondary N) is 1. The smallest absolute Gasteiger partial charge is 0.242 e. The molecule has 0 saturated carbocycles. The summed E-state index contributed by atoms with van der Waals surface area (Å²) in [6.45, 7) is 4.36. The van der Waals surface area contributed by atoms with Crippen LogP contribution in [0.4, 0.5) is 10.1 Å². The number of halogens is 1. The molecule has 7 nitrogen and oxygen atoms in total. The van der Waals surface area contributed by atoms with Crippen molar-refractivity contribution in [2.75, 3.05) is 23.7 Å². The first kappa shape index (κ1) is 26.3. The third kappa shape index (κ3) is 7.85. The van der Waals surface area contributed by atoms with Gasteiger partial charge in [0.25, 0.3) is 0 Å². The molecular formula is C24H32FN3O4S. The summed E-state index contributed by atoms with van der Waals surface area (Å²) in [4.78, 5) is 27.3. The second-order valence-corrected chi connectivity index (χ2v) is 9.65. The van der Waals surface area contributed by atoms with Crippen molar-refractivity contribution in [2.45, 2.75) is 45.7 Å². The Morgan fingerprint density at radius 3 is 2.21 bits per heavy atom. The Balaban J connectivity index is 2.17. The first-order chi connectivity index (χ1) is 15.7. The highest BCUT2D eigenvalue weighted by Gasteiger charge is 2.28. The third-order valence-corrected chi connectivity index (χ3v) is 6.39. The summed E-state index contributed by atoms with van der Waals surface area (Å²) in [5, 5.41) is 2.76. The molecule has 33 heavy (non-hydrogen) atoms. The summed E-state index contributed by atoms with van der Waals surface area (Å²) < 4.78 is 39.1. The molecule has 2 amide bonds. The average molecular weight is 478 g/mol. The number of hydrogen-bond donors (Lipinski definition) is 1. The van der Waals surface area contributed by atoms with Crippen LogP contribution in [-0.4, -0.2) is 50.5 Å². The van der Waals surface area contributed by atoms with Gasteiger partial charge in [0.2, 0.25) is 21.8 Å². The number of benzene rings is 2. The Hall–Kier alpha value is -2.94. The number of likely N-dealkylation sites (N-methyl/N-ethyl adjacent to an activating group) is 1. The first-order valence-corrected chi connectivity index (χ1v) is 12.9. The van der Waals surface area contributed by atoms with E-state index in [1.165, 1.54) is 21.3 Å². The minimum Gasteiger partial charge on any atom is -0.355 e. The van der Waals surface area contributed by atoms with Crippen molar-refractivity contribution in [3.8, 4) is 0 Å². The quantitative estimate of drug-likeness (QED) is 0.508. The van der Waals surface area contributed by atoms with Crippen LogP contribution in [0.5, 0.6) is 0 Å². The van der Waals surface area contributed by atoms with Gasteiger partial charge in [-0.3, -0.25) is 13.9 Å². The molecule has 2 rings (SSSR count). The number of carbonyl (C=O) groups is 2. The second kappa shape index (κ2) is 12.3. The summed E-state index contributed by atoms with van der Waals surface area (Å²) in [7, 11) is -3.52. The predicted molar refractivity (Wildman–Crippen MR) is 128 cm³/mol. The van der Waals surface area contributed by atoms with Crippen molar-refractivity contribution in [3.05, 3.63) is 66.0 Å². The maximum absolute atomic E-state index is 13.3. The van der Waals surface area contributed by atoms with Gasteiger partial charge in [0.05, 0.1) is 11.9 Å². The number of sulfonamides is 1. The summed E-state index contributed by atoms with van der Waals surface area (Å²) in [6, 6.07) is 13.8. The van der Waals surface area contributed by atoms with Crippen LogP contribution in [0.25, 0.3) is 0 Å². The van der Waals surface area contributed by atoms with Crippen LogP contribution < -0.4 is 9.62 Å². The number of nitrogens with zero attached hydrogens (tertiary/aromatic N) is 2. The lowest BCUT2D eigenvalue weighted by molar-refractivity contribution is -0.141. The number of para-hydroxylation sites is 1. The maximum Gasteiger partial charge on any atom is 0.242 e. The number of amides is 2. The molecule has 0 bridgehead atoms. The van der Waals surface area contributed by atoms with Crippen LogP contribution in [0.3, 0.4) is 0 Å². The van der Waals surface area contributed by atoms with Crippen molar-refractivity contribution < 1.29 is 22.4 Å². The molecule has 1 atom stereocenters. The molecule has 0 heterocycles. The van der Waals surface area contributed by atoms with Gasteiger partial charge in [-0.15, -0.1) is 0 Å². The van der Waals surface area contributed by atoms with E-state index in [1.807, 2.05) is 6.92 Å². The van der Waals surface area contributed by atoms with Crippen LogP contribution >= 0.6 is 0 Å². The lowest BCUT2D eigenvalue weighted by Gasteiger charge is -2.31. The molecule has 0 aliphatic rings. The van der Waals surface area contributed by atoms with Crippen LogP contribution in [0.15, 0.2) is 54.6 Å². The minimum absolute atomic E-state index is 0.0654. The normalized spacial score (nSPS) is 12.1. The summed E-state index contributed by atoms with van der Waals surface area (Å²) in [6.07, 6.45) is 1.89. The standard InChI is InChI=1S/C24H32FN3O4S/c1-4-22(24(30)26-5-2)27(18-19-13-15-20(25)16-14-19)23(29)12-9-17-28(33(3,31)32)21-10-7-6-8-11-21/h6-8,10-11,13-16,22H,4-5,9,12,17-18H2,1-3H3,(H,26,30)/t22-/m1/s1. The van der Waals surface area contributed by atoms with Gasteiger partial charge in [-0.1, -0.05) is 37.3 Å². The van der Waals surface area contributed by atoms with Crippen molar-refractivity contribution in [2.24, 2.45) is 0 Å². The summed E-state index contributed by atoms with van der Waals surface area (Å²) in [5.74, 6) is -0.898. The molecule has 0 unspecified atom stereocenters. The largest absolute Gasteiger partial charge is 0.355 e. The van der Waals surface area contributed by atoms with Gasteiger partial charge in [0.1, 0.15) is 11.9 Å². The summed E-state index contributed by atoms with van der Waals surface area (Å²) >= 11 is 0. The van der Waals surface area contributed by atoms with Crippen molar-refractivity contribution in [3.63, 3.8) is 0 Å². The first-order valence-electron chi connectivity index (χ1n) is 11.0. The van der Waals surface area contributed by atoms with Crippen molar-refractivity contribution in [1.29, 1.82) is 0 Å². The van der Waals surface area contributed by atoms with Crippen LogP contribution in [0.2, 0.25) is 0 Å². The highest BCUT2D eigenvalue weighted by Crippen LogP contribution is 2.19. The zero-order valence-electron chi connectivity index (χ0n) is 19.3. The van der Waals surface area contributed by atoms with E-state index in [0.29, 0.717) is 24.2 Å². The van der Waals surface area contributed by atoms with Crippen LogP contribution in [0.1, 0.15) is 38.7 Å². The van der Waals surface area contributed by atoms with Gasteiger partial charge in [-0.25, -0.2) is 12.8 Å². The molecule has 0 spiro atoms. The Labute approximate surface area is 195 Å². The monoisotopic (exact) mass is 477 g/mol. The van der Waals surface area contributed by atoms with E-state index in [0.717, 1.165) is 6.26 Å². The zero-order chi connectivity index (χ0) is 24.4. The SMILES string of the molecule is CCNC(=O)[C@@H](CC)N(Cc1ccc(F)cc1)C(=O)CCCN(c1ccccc1)S(C)(=O)=O. The van der Waals surface area contributed by atoms with Gasteiger partial charge >= 0.3 is 0 Å².